The molecule has 0 heterocycles. The number of non-ortho nitro benzene ring substituents is 1. The van der Waals surface area contributed by atoms with Gasteiger partial charge in [0, 0.05) is 24.7 Å². The first kappa shape index (κ1) is 24.4. The van der Waals surface area contributed by atoms with Crippen molar-refractivity contribution in [1.29, 1.82) is 0 Å². The first-order chi connectivity index (χ1) is 11.8. The zero-order valence-electron chi connectivity index (χ0n) is 15.6. The number of hydrogen-bond acceptors (Lipinski definition) is 5. The molecule has 0 radical (unpaired) electrons. The number of aliphatic hydroxyl groups excluding tert-OH is 1. The number of aliphatic hydroxyl groups is 1. The Kier molecular flexibility index (Phi) is 11.9. The standard InChI is InChI=1S/C17H28N4O4.HI/c1-5-18-17(20-13(4)12(2)3)19-10-15(22)11-25-16-8-6-14(7-9-16)21(23)24;/h6-9,12-13,15,22H,5,10-11H2,1-4H3,(H2,18,19,20);1H. The van der Waals surface area contributed by atoms with Crippen molar-refractivity contribution in [1.82, 2.24) is 10.6 Å². The van der Waals surface area contributed by atoms with Crippen LogP contribution >= 0.6 is 24.0 Å². The number of hydrogen-bond donors (Lipinski definition) is 3. The highest BCUT2D eigenvalue weighted by Crippen LogP contribution is 2.17. The third-order valence-corrected chi connectivity index (χ3v) is 3.66. The first-order valence-electron chi connectivity index (χ1n) is 8.43. The summed E-state index contributed by atoms with van der Waals surface area (Å²) in [6, 6.07) is 5.99. The molecule has 1 rings (SSSR count). The van der Waals surface area contributed by atoms with E-state index in [1.54, 1.807) is 0 Å². The molecule has 0 fully saturated rings. The Balaban J connectivity index is 0.00000625. The maximum Gasteiger partial charge on any atom is 0.269 e. The maximum atomic E-state index is 10.6. The van der Waals surface area contributed by atoms with Gasteiger partial charge in [-0.05, 0) is 31.9 Å². The molecule has 1 aromatic carbocycles. The van der Waals surface area contributed by atoms with E-state index in [2.05, 4.69) is 36.4 Å². The molecule has 148 valence electrons. The quantitative estimate of drug-likeness (QED) is 0.165. The Morgan fingerprint density at radius 2 is 1.92 bits per heavy atom. The Hall–Kier alpha value is -1.62. The van der Waals surface area contributed by atoms with Crippen molar-refractivity contribution >= 4 is 35.6 Å². The summed E-state index contributed by atoms with van der Waals surface area (Å²) in [6.45, 7) is 9.26. The predicted molar refractivity (Wildman–Crippen MR) is 113 cm³/mol. The lowest BCUT2D eigenvalue weighted by Crippen LogP contribution is -2.44. The fourth-order valence-electron chi connectivity index (χ4n) is 1.81. The van der Waals surface area contributed by atoms with Gasteiger partial charge in [0.15, 0.2) is 5.96 Å². The second-order valence-corrected chi connectivity index (χ2v) is 6.11. The number of nitrogens with zero attached hydrogens (tertiary/aromatic N) is 2. The smallest absolute Gasteiger partial charge is 0.269 e. The molecule has 0 aliphatic rings. The van der Waals surface area contributed by atoms with Gasteiger partial charge in [0.2, 0.25) is 0 Å². The molecule has 8 nitrogen and oxygen atoms in total. The third kappa shape index (κ3) is 9.18. The molecule has 0 amide bonds. The average molecular weight is 480 g/mol. The zero-order valence-corrected chi connectivity index (χ0v) is 18.0. The van der Waals surface area contributed by atoms with Crippen LogP contribution in [0.15, 0.2) is 29.3 Å². The minimum absolute atomic E-state index is 0. The number of nitrogens with one attached hydrogen (secondary N) is 2. The number of benzene rings is 1. The van der Waals surface area contributed by atoms with Crippen molar-refractivity contribution < 1.29 is 14.8 Å². The Morgan fingerprint density at radius 3 is 2.42 bits per heavy atom. The van der Waals surface area contributed by atoms with E-state index in [4.69, 9.17) is 4.74 Å². The summed E-state index contributed by atoms with van der Waals surface area (Å²) in [7, 11) is 0. The highest BCUT2D eigenvalue weighted by molar-refractivity contribution is 14.0. The molecule has 26 heavy (non-hydrogen) atoms. The number of rotatable bonds is 9. The minimum Gasteiger partial charge on any atom is -0.491 e. The van der Waals surface area contributed by atoms with Gasteiger partial charge in [-0.25, -0.2) is 0 Å². The largest absolute Gasteiger partial charge is 0.491 e. The van der Waals surface area contributed by atoms with Gasteiger partial charge in [0.1, 0.15) is 18.5 Å². The molecule has 2 unspecified atom stereocenters. The van der Waals surface area contributed by atoms with Crippen LogP contribution in [0, 0.1) is 16.0 Å². The van der Waals surface area contributed by atoms with Crippen molar-refractivity contribution in [3.63, 3.8) is 0 Å². The van der Waals surface area contributed by atoms with Crippen molar-refractivity contribution in [3.8, 4) is 5.75 Å². The van der Waals surface area contributed by atoms with E-state index in [1.165, 1.54) is 24.3 Å². The van der Waals surface area contributed by atoms with Crippen LogP contribution in [-0.2, 0) is 0 Å². The van der Waals surface area contributed by atoms with Gasteiger partial charge in [0.05, 0.1) is 11.5 Å². The van der Waals surface area contributed by atoms with Gasteiger partial charge in [-0.2, -0.15) is 0 Å². The lowest BCUT2D eigenvalue weighted by Gasteiger charge is -2.21. The molecule has 0 saturated carbocycles. The van der Waals surface area contributed by atoms with Crippen molar-refractivity contribution in [2.24, 2.45) is 10.9 Å². The third-order valence-electron chi connectivity index (χ3n) is 3.66. The van der Waals surface area contributed by atoms with E-state index in [-0.39, 0.29) is 48.9 Å². The summed E-state index contributed by atoms with van der Waals surface area (Å²) in [4.78, 5) is 14.5. The van der Waals surface area contributed by atoms with Crippen molar-refractivity contribution in [3.05, 3.63) is 34.4 Å². The lowest BCUT2D eigenvalue weighted by molar-refractivity contribution is -0.384. The molecule has 0 bridgehead atoms. The summed E-state index contributed by atoms with van der Waals surface area (Å²) >= 11 is 0. The van der Waals surface area contributed by atoms with Gasteiger partial charge in [-0.1, -0.05) is 13.8 Å². The average Bonchev–Trinajstić information content (AvgIpc) is 2.58. The molecule has 0 aromatic heterocycles. The summed E-state index contributed by atoms with van der Waals surface area (Å²) < 4.78 is 5.43. The van der Waals surface area contributed by atoms with E-state index >= 15 is 0 Å². The first-order valence-corrected chi connectivity index (χ1v) is 8.43. The van der Waals surface area contributed by atoms with Crippen LogP contribution in [0.3, 0.4) is 0 Å². The fraction of sp³-hybridized carbons (Fsp3) is 0.588. The van der Waals surface area contributed by atoms with Crippen molar-refractivity contribution in [2.75, 3.05) is 19.7 Å². The molecule has 9 heteroatoms. The van der Waals surface area contributed by atoms with Crippen LogP contribution in [0.25, 0.3) is 0 Å². The maximum absolute atomic E-state index is 10.6. The Bertz CT molecular complexity index is 566. The second-order valence-electron chi connectivity index (χ2n) is 6.11. The fourth-order valence-corrected chi connectivity index (χ4v) is 1.81. The van der Waals surface area contributed by atoms with E-state index in [0.29, 0.717) is 17.6 Å². The second kappa shape index (κ2) is 12.7. The number of nitro benzene ring substituents is 1. The van der Waals surface area contributed by atoms with Crippen LogP contribution in [0.4, 0.5) is 5.69 Å². The molecule has 1 aromatic rings. The van der Waals surface area contributed by atoms with Crippen LogP contribution < -0.4 is 15.4 Å². The van der Waals surface area contributed by atoms with Crippen molar-refractivity contribution in [2.45, 2.75) is 39.8 Å². The molecular weight excluding hydrogens is 451 g/mol. The Morgan fingerprint density at radius 1 is 1.31 bits per heavy atom. The van der Waals surface area contributed by atoms with Crippen LogP contribution in [0.5, 0.6) is 5.75 Å². The van der Waals surface area contributed by atoms with E-state index in [9.17, 15) is 15.2 Å². The van der Waals surface area contributed by atoms with E-state index < -0.39 is 11.0 Å². The van der Waals surface area contributed by atoms with Crippen LogP contribution in [0.1, 0.15) is 27.7 Å². The predicted octanol–water partition coefficient (Wildman–Crippen LogP) is 2.55. The van der Waals surface area contributed by atoms with Crippen LogP contribution in [0.2, 0.25) is 0 Å². The number of guanidine groups is 1. The molecule has 2 atom stereocenters. The number of halogens is 1. The van der Waals surface area contributed by atoms with Crippen LogP contribution in [-0.4, -0.2) is 47.8 Å². The summed E-state index contributed by atoms with van der Waals surface area (Å²) in [5, 5.41) is 27.0. The topological polar surface area (TPSA) is 109 Å². The highest BCUT2D eigenvalue weighted by atomic mass is 127. The van der Waals surface area contributed by atoms with E-state index in [0.717, 1.165) is 6.54 Å². The van der Waals surface area contributed by atoms with Gasteiger partial charge in [-0.15, -0.1) is 24.0 Å². The number of aliphatic imine (C=N–C) groups is 1. The number of nitro groups is 1. The normalized spacial score (nSPS) is 13.5. The molecule has 3 N–H and O–H groups in total. The number of ether oxygens (including phenoxy) is 1. The summed E-state index contributed by atoms with van der Waals surface area (Å²) in [5.41, 5.74) is -0.00173. The van der Waals surface area contributed by atoms with Gasteiger partial charge >= 0.3 is 0 Å². The highest BCUT2D eigenvalue weighted by Gasteiger charge is 2.11. The summed E-state index contributed by atoms with van der Waals surface area (Å²) in [5.74, 6) is 1.57. The zero-order chi connectivity index (χ0) is 18.8. The van der Waals surface area contributed by atoms with Gasteiger partial charge < -0.3 is 20.5 Å². The SMILES string of the molecule is CCNC(=NCC(O)COc1ccc([N+](=O)[O-])cc1)NC(C)C(C)C.I. The lowest BCUT2D eigenvalue weighted by atomic mass is 10.1. The Labute approximate surface area is 171 Å². The van der Waals surface area contributed by atoms with Gasteiger partial charge in [0.25, 0.3) is 5.69 Å². The van der Waals surface area contributed by atoms with E-state index in [1.807, 2.05) is 6.92 Å². The minimum atomic E-state index is -0.778. The molecule has 0 aliphatic heterocycles. The molecule has 0 spiro atoms. The molecule has 0 saturated heterocycles. The molecule has 0 aliphatic carbocycles. The molecular formula is C17H29IN4O4. The summed E-state index contributed by atoms with van der Waals surface area (Å²) in [6.07, 6.45) is -0.778. The monoisotopic (exact) mass is 480 g/mol. The van der Waals surface area contributed by atoms with Gasteiger partial charge in [-0.3, -0.25) is 15.1 Å².